The third kappa shape index (κ3) is 3.86. The first-order valence-electron chi connectivity index (χ1n) is 7.94. The lowest BCUT2D eigenvalue weighted by atomic mass is 10.0. The lowest BCUT2D eigenvalue weighted by molar-refractivity contribution is 0.0634. The van der Waals surface area contributed by atoms with Gasteiger partial charge in [0.15, 0.2) is 9.84 Å². The van der Waals surface area contributed by atoms with Crippen molar-refractivity contribution in [3.05, 3.63) is 64.7 Å². The first kappa shape index (κ1) is 17.9. The van der Waals surface area contributed by atoms with E-state index < -0.39 is 9.84 Å². The molecule has 0 aromatic heterocycles. The fraction of sp³-hybridized carbons (Fsp3) is 0.278. The van der Waals surface area contributed by atoms with E-state index in [-0.39, 0.29) is 16.8 Å². The van der Waals surface area contributed by atoms with E-state index in [4.69, 9.17) is 11.6 Å². The normalized spacial score (nSPS) is 18.2. The minimum atomic E-state index is -3.28. The maximum absolute atomic E-state index is 13.0. The van der Waals surface area contributed by atoms with Crippen molar-refractivity contribution >= 4 is 27.3 Å². The fourth-order valence-electron chi connectivity index (χ4n) is 2.98. The van der Waals surface area contributed by atoms with E-state index in [0.29, 0.717) is 30.2 Å². The van der Waals surface area contributed by atoms with Crippen LogP contribution in [-0.4, -0.2) is 45.1 Å². The quantitative estimate of drug-likeness (QED) is 0.891. The number of hydrogen-bond donors (Lipinski definition) is 1. The standard InChI is InChI=1S/C18H19ClN2O3S/c1-25(23,24)14-8-6-13(7-9-14)18(22)21-11-10-20-12-17(21)15-4-2-3-5-16(15)19/h2-9,17,20H,10-12H2,1H3. The number of nitrogens with one attached hydrogen (secondary N) is 1. The summed E-state index contributed by atoms with van der Waals surface area (Å²) < 4.78 is 23.1. The zero-order valence-corrected chi connectivity index (χ0v) is 15.3. The van der Waals surface area contributed by atoms with Gasteiger partial charge in [0.25, 0.3) is 5.91 Å². The van der Waals surface area contributed by atoms with Gasteiger partial charge in [-0.1, -0.05) is 29.8 Å². The number of rotatable bonds is 3. The number of halogens is 1. The summed E-state index contributed by atoms with van der Waals surface area (Å²) in [6.07, 6.45) is 1.15. The minimum Gasteiger partial charge on any atom is -0.329 e. The van der Waals surface area contributed by atoms with Crippen LogP contribution < -0.4 is 5.32 Å². The second-order valence-corrected chi connectivity index (χ2v) is 8.46. The molecule has 0 saturated carbocycles. The number of benzene rings is 2. The number of carbonyl (C=O) groups is 1. The molecule has 5 nitrogen and oxygen atoms in total. The Morgan fingerprint density at radius 3 is 2.48 bits per heavy atom. The number of sulfone groups is 1. The monoisotopic (exact) mass is 378 g/mol. The largest absolute Gasteiger partial charge is 0.329 e. The Morgan fingerprint density at radius 1 is 1.16 bits per heavy atom. The van der Waals surface area contributed by atoms with E-state index in [1.54, 1.807) is 17.0 Å². The molecular formula is C18H19ClN2O3S. The summed E-state index contributed by atoms with van der Waals surface area (Å²) in [6, 6.07) is 13.4. The number of amides is 1. The molecule has 2 aromatic carbocycles. The molecule has 1 aliphatic rings. The molecule has 2 aromatic rings. The highest BCUT2D eigenvalue weighted by Gasteiger charge is 2.29. The molecule has 7 heteroatoms. The molecule has 0 bridgehead atoms. The van der Waals surface area contributed by atoms with Crippen molar-refractivity contribution in [1.82, 2.24) is 10.2 Å². The van der Waals surface area contributed by atoms with Crippen molar-refractivity contribution in [3.8, 4) is 0 Å². The molecule has 3 rings (SSSR count). The highest BCUT2D eigenvalue weighted by Crippen LogP contribution is 2.29. The van der Waals surface area contributed by atoms with Gasteiger partial charge in [0.1, 0.15) is 0 Å². The predicted octanol–water partition coefficient (Wildman–Crippen LogP) is 2.53. The van der Waals surface area contributed by atoms with Crippen LogP contribution in [0.5, 0.6) is 0 Å². The molecule has 1 atom stereocenters. The minimum absolute atomic E-state index is 0.133. The molecule has 1 saturated heterocycles. The lowest BCUT2D eigenvalue weighted by Gasteiger charge is -2.37. The van der Waals surface area contributed by atoms with Gasteiger partial charge in [-0.05, 0) is 35.9 Å². The summed E-state index contributed by atoms with van der Waals surface area (Å²) in [4.78, 5) is 14.9. The molecule has 0 spiro atoms. The molecule has 1 heterocycles. The van der Waals surface area contributed by atoms with Crippen LogP contribution in [0.4, 0.5) is 0 Å². The number of nitrogens with zero attached hydrogens (tertiary/aromatic N) is 1. The van der Waals surface area contributed by atoms with Crippen molar-refractivity contribution in [2.24, 2.45) is 0 Å². The van der Waals surface area contributed by atoms with Gasteiger partial charge >= 0.3 is 0 Å². The first-order chi connectivity index (χ1) is 11.9. The van der Waals surface area contributed by atoms with Crippen molar-refractivity contribution < 1.29 is 13.2 Å². The Kier molecular flexibility index (Phi) is 5.13. The third-order valence-electron chi connectivity index (χ3n) is 4.30. The summed E-state index contributed by atoms with van der Waals surface area (Å²) in [5.41, 5.74) is 1.36. The third-order valence-corrected chi connectivity index (χ3v) is 5.77. The van der Waals surface area contributed by atoms with Gasteiger partial charge in [0, 0.05) is 36.5 Å². The van der Waals surface area contributed by atoms with E-state index in [2.05, 4.69) is 5.32 Å². The second-order valence-electron chi connectivity index (χ2n) is 6.04. The Morgan fingerprint density at radius 2 is 1.84 bits per heavy atom. The van der Waals surface area contributed by atoms with E-state index >= 15 is 0 Å². The zero-order valence-electron chi connectivity index (χ0n) is 13.8. The van der Waals surface area contributed by atoms with Crippen molar-refractivity contribution in [1.29, 1.82) is 0 Å². The van der Waals surface area contributed by atoms with Gasteiger partial charge in [-0.15, -0.1) is 0 Å². The predicted molar refractivity (Wildman–Crippen MR) is 97.7 cm³/mol. The molecular weight excluding hydrogens is 360 g/mol. The highest BCUT2D eigenvalue weighted by atomic mass is 35.5. The average Bonchev–Trinajstić information content (AvgIpc) is 2.61. The van der Waals surface area contributed by atoms with Crippen molar-refractivity contribution in [2.75, 3.05) is 25.9 Å². The van der Waals surface area contributed by atoms with Gasteiger partial charge < -0.3 is 10.2 Å². The number of carbonyl (C=O) groups excluding carboxylic acids is 1. The summed E-state index contributed by atoms with van der Waals surface area (Å²) in [7, 11) is -3.28. The Balaban J connectivity index is 1.90. The number of piperazine rings is 1. The molecule has 1 unspecified atom stereocenters. The van der Waals surface area contributed by atoms with Crippen LogP contribution in [0.25, 0.3) is 0 Å². The smallest absolute Gasteiger partial charge is 0.254 e. The van der Waals surface area contributed by atoms with E-state index in [0.717, 1.165) is 11.8 Å². The molecule has 0 radical (unpaired) electrons. The maximum atomic E-state index is 13.0. The van der Waals surface area contributed by atoms with Crippen LogP contribution in [0.15, 0.2) is 53.4 Å². The van der Waals surface area contributed by atoms with E-state index in [9.17, 15) is 13.2 Å². The summed E-state index contributed by atoms with van der Waals surface area (Å²) >= 11 is 6.31. The van der Waals surface area contributed by atoms with Gasteiger partial charge in [-0.2, -0.15) is 0 Å². The van der Waals surface area contributed by atoms with Gasteiger partial charge in [-0.3, -0.25) is 4.79 Å². The SMILES string of the molecule is CS(=O)(=O)c1ccc(C(=O)N2CCNCC2c2ccccc2Cl)cc1. The van der Waals surface area contributed by atoms with E-state index in [1.165, 1.54) is 12.1 Å². The van der Waals surface area contributed by atoms with Crippen LogP contribution in [0.3, 0.4) is 0 Å². The topological polar surface area (TPSA) is 66.5 Å². The van der Waals surface area contributed by atoms with Gasteiger partial charge in [0.05, 0.1) is 10.9 Å². The first-order valence-corrected chi connectivity index (χ1v) is 10.2. The Labute approximate surface area is 152 Å². The van der Waals surface area contributed by atoms with Crippen molar-refractivity contribution in [2.45, 2.75) is 10.9 Å². The highest BCUT2D eigenvalue weighted by molar-refractivity contribution is 7.90. The van der Waals surface area contributed by atoms with Crippen LogP contribution in [0, 0.1) is 0 Å². The Bertz CT molecular complexity index is 881. The fourth-order valence-corrected chi connectivity index (χ4v) is 3.87. The van der Waals surface area contributed by atoms with Crippen LogP contribution in [-0.2, 0) is 9.84 Å². The second kappa shape index (κ2) is 7.15. The molecule has 25 heavy (non-hydrogen) atoms. The molecule has 0 aliphatic carbocycles. The zero-order chi connectivity index (χ0) is 18.0. The van der Waals surface area contributed by atoms with E-state index in [1.807, 2.05) is 24.3 Å². The molecule has 1 N–H and O–H groups in total. The Hall–Kier alpha value is -1.89. The molecule has 1 aliphatic heterocycles. The van der Waals surface area contributed by atoms with Crippen molar-refractivity contribution in [3.63, 3.8) is 0 Å². The summed E-state index contributed by atoms with van der Waals surface area (Å²) in [5, 5.41) is 3.92. The van der Waals surface area contributed by atoms with Gasteiger partial charge in [0.2, 0.25) is 0 Å². The molecule has 132 valence electrons. The van der Waals surface area contributed by atoms with Gasteiger partial charge in [-0.25, -0.2) is 8.42 Å². The molecule has 1 amide bonds. The maximum Gasteiger partial charge on any atom is 0.254 e. The van der Waals surface area contributed by atoms with Crippen LogP contribution in [0.1, 0.15) is 22.0 Å². The summed E-state index contributed by atoms with van der Waals surface area (Å²) in [6.45, 7) is 1.88. The van der Waals surface area contributed by atoms with Crippen LogP contribution >= 0.6 is 11.6 Å². The number of hydrogen-bond acceptors (Lipinski definition) is 4. The average molecular weight is 379 g/mol. The van der Waals surface area contributed by atoms with Crippen LogP contribution in [0.2, 0.25) is 5.02 Å². The molecule has 1 fully saturated rings. The summed E-state index contributed by atoms with van der Waals surface area (Å²) in [5.74, 6) is -0.133. The lowest BCUT2D eigenvalue weighted by Crippen LogP contribution is -2.48.